The normalized spacial score (nSPS) is 15.1. The highest BCUT2D eigenvalue weighted by atomic mass is 35.5. The molecule has 2 aromatic heterocycles. The van der Waals surface area contributed by atoms with E-state index in [4.69, 9.17) is 11.6 Å². The molecule has 4 rings (SSSR count). The number of amides is 1. The van der Waals surface area contributed by atoms with E-state index < -0.39 is 17.1 Å². The molecule has 7 nitrogen and oxygen atoms in total. The maximum absolute atomic E-state index is 12.9. The quantitative estimate of drug-likeness (QED) is 0.666. The largest absolute Gasteiger partial charge is 0.388 e. The third-order valence-corrected chi connectivity index (χ3v) is 5.65. The number of benzene rings is 1. The minimum atomic E-state index is -0.877. The smallest absolute Gasteiger partial charge is 0.284 e. The van der Waals surface area contributed by atoms with Crippen molar-refractivity contribution >= 4 is 29.0 Å². The van der Waals surface area contributed by atoms with Gasteiger partial charge in [-0.1, -0.05) is 23.7 Å². The number of nitrogens with one attached hydrogen (secondary N) is 1. The molecule has 3 aromatic rings. The molecule has 0 aliphatic heterocycles. The van der Waals surface area contributed by atoms with Crippen molar-refractivity contribution in [2.75, 3.05) is 6.54 Å². The average Bonchev–Trinajstić information content (AvgIpc) is 3.20. The number of aromatic nitrogens is 3. The van der Waals surface area contributed by atoms with Crippen LogP contribution in [-0.4, -0.2) is 37.3 Å². The van der Waals surface area contributed by atoms with Gasteiger partial charge in [0.15, 0.2) is 0 Å². The van der Waals surface area contributed by atoms with E-state index in [2.05, 4.69) is 14.8 Å². The second-order valence-electron chi connectivity index (χ2n) is 6.81. The van der Waals surface area contributed by atoms with Gasteiger partial charge in [-0.2, -0.15) is 14.2 Å². The fourth-order valence-corrected chi connectivity index (χ4v) is 3.62. The number of hydrogen-bond donors (Lipinski definition) is 2. The molecule has 1 saturated carbocycles. The molecule has 0 spiro atoms. The summed E-state index contributed by atoms with van der Waals surface area (Å²) in [5, 5.41) is 19.5. The summed E-state index contributed by atoms with van der Waals surface area (Å²) in [6, 6.07) is 8.42. The van der Waals surface area contributed by atoms with Gasteiger partial charge in [0, 0.05) is 22.5 Å². The lowest BCUT2D eigenvalue weighted by Gasteiger charge is -2.36. The Morgan fingerprint density at radius 1 is 1.32 bits per heavy atom. The number of nitrogens with zero attached hydrogens (tertiary/aromatic N) is 3. The van der Waals surface area contributed by atoms with E-state index in [-0.39, 0.29) is 12.1 Å². The van der Waals surface area contributed by atoms with Gasteiger partial charge in [-0.3, -0.25) is 9.59 Å². The van der Waals surface area contributed by atoms with Gasteiger partial charge in [-0.05, 0) is 49.0 Å². The molecule has 1 aromatic carbocycles. The van der Waals surface area contributed by atoms with Gasteiger partial charge in [0.1, 0.15) is 5.56 Å². The molecule has 9 heteroatoms. The summed E-state index contributed by atoms with van der Waals surface area (Å²) < 4.78 is 5.17. The molecular weight excluding hydrogens is 400 g/mol. The molecule has 144 valence electrons. The van der Waals surface area contributed by atoms with E-state index in [0.29, 0.717) is 34.8 Å². The van der Waals surface area contributed by atoms with Crippen molar-refractivity contribution in [3.8, 4) is 16.9 Å². The van der Waals surface area contributed by atoms with Crippen LogP contribution in [0.5, 0.6) is 0 Å². The molecule has 0 bridgehead atoms. The van der Waals surface area contributed by atoms with E-state index >= 15 is 0 Å². The van der Waals surface area contributed by atoms with Gasteiger partial charge in [0.25, 0.3) is 11.5 Å². The maximum atomic E-state index is 12.9. The third-order valence-electron chi connectivity index (χ3n) is 4.82. The van der Waals surface area contributed by atoms with Gasteiger partial charge in [0.2, 0.25) is 0 Å². The predicted molar refractivity (Wildman–Crippen MR) is 107 cm³/mol. The van der Waals surface area contributed by atoms with Crippen LogP contribution in [0.4, 0.5) is 0 Å². The summed E-state index contributed by atoms with van der Waals surface area (Å²) in [5.41, 5.74) is 0.184. The summed E-state index contributed by atoms with van der Waals surface area (Å²) in [5.74, 6) is -0.542. The fourth-order valence-electron chi connectivity index (χ4n) is 3.00. The lowest BCUT2D eigenvalue weighted by molar-refractivity contribution is -0.0300. The molecule has 0 atom stereocenters. The maximum Gasteiger partial charge on any atom is 0.284 e. The zero-order valence-electron chi connectivity index (χ0n) is 14.8. The number of carbonyl (C=O) groups is 1. The SMILES string of the molecule is O=C(NCC1(O)CCC1)c1cc(-c2ccc(Cl)cc2)nn(-c2cnsc2)c1=O. The Balaban J connectivity index is 1.74. The van der Waals surface area contributed by atoms with Crippen LogP contribution < -0.4 is 10.9 Å². The third kappa shape index (κ3) is 3.71. The Morgan fingerprint density at radius 3 is 2.68 bits per heavy atom. The Bertz CT molecular complexity index is 1060. The minimum absolute atomic E-state index is 0.0472. The van der Waals surface area contributed by atoms with E-state index in [0.717, 1.165) is 6.42 Å². The zero-order valence-corrected chi connectivity index (χ0v) is 16.3. The highest BCUT2D eigenvalue weighted by Crippen LogP contribution is 2.30. The van der Waals surface area contributed by atoms with E-state index in [1.54, 1.807) is 29.6 Å². The first-order valence-electron chi connectivity index (χ1n) is 8.76. The van der Waals surface area contributed by atoms with Crippen LogP contribution in [-0.2, 0) is 0 Å². The van der Waals surface area contributed by atoms with Crippen LogP contribution in [0.15, 0.2) is 46.7 Å². The van der Waals surface area contributed by atoms with Gasteiger partial charge in [-0.15, -0.1) is 0 Å². The zero-order chi connectivity index (χ0) is 19.7. The molecule has 2 N–H and O–H groups in total. The van der Waals surface area contributed by atoms with Crippen molar-refractivity contribution in [1.82, 2.24) is 19.5 Å². The molecule has 0 unspecified atom stereocenters. The molecule has 1 amide bonds. The van der Waals surface area contributed by atoms with Crippen LogP contribution >= 0.6 is 23.1 Å². The van der Waals surface area contributed by atoms with Crippen LogP contribution in [0.1, 0.15) is 29.6 Å². The molecule has 0 saturated heterocycles. The standard InChI is InChI=1S/C19H17ClN4O3S/c20-13-4-2-12(3-5-13)16-8-15(17(25)21-11-19(27)6-1-7-19)18(26)24(23-16)14-9-22-28-10-14/h2-5,8-10,27H,1,6-7,11H2,(H,21,25). The monoisotopic (exact) mass is 416 g/mol. The Hall–Kier alpha value is -2.55. The molecule has 28 heavy (non-hydrogen) atoms. The summed E-state index contributed by atoms with van der Waals surface area (Å²) in [6.45, 7) is 0.115. The summed E-state index contributed by atoms with van der Waals surface area (Å²) in [7, 11) is 0. The number of hydrogen-bond acceptors (Lipinski definition) is 6. The molecule has 1 aliphatic rings. The van der Waals surface area contributed by atoms with Crippen LogP contribution in [0.2, 0.25) is 5.02 Å². The van der Waals surface area contributed by atoms with Crippen molar-refractivity contribution in [2.45, 2.75) is 24.9 Å². The van der Waals surface area contributed by atoms with Gasteiger partial charge in [0.05, 0.1) is 23.2 Å². The van der Waals surface area contributed by atoms with Gasteiger partial charge >= 0.3 is 0 Å². The number of halogens is 1. The molecular formula is C19H17ClN4O3S. The lowest BCUT2D eigenvalue weighted by Crippen LogP contribution is -2.48. The van der Waals surface area contributed by atoms with Crippen molar-refractivity contribution in [1.29, 1.82) is 0 Å². The highest BCUT2D eigenvalue weighted by molar-refractivity contribution is 7.03. The second kappa shape index (κ2) is 7.46. The number of rotatable bonds is 5. The van der Waals surface area contributed by atoms with Crippen molar-refractivity contribution in [2.24, 2.45) is 0 Å². The Morgan fingerprint density at radius 2 is 2.07 bits per heavy atom. The molecule has 1 aliphatic carbocycles. The second-order valence-corrected chi connectivity index (χ2v) is 7.90. The summed E-state index contributed by atoms with van der Waals surface area (Å²) in [4.78, 5) is 25.6. The van der Waals surface area contributed by atoms with Gasteiger partial charge < -0.3 is 10.4 Å². The minimum Gasteiger partial charge on any atom is -0.388 e. The lowest BCUT2D eigenvalue weighted by atomic mass is 9.80. The van der Waals surface area contributed by atoms with Crippen LogP contribution in [0.25, 0.3) is 16.9 Å². The first kappa shape index (κ1) is 18.8. The van der Waals surface area contributed by atoms with Crippen molar-refractivity contribution in [3.63, 3.8) is 0 Å². The van der Waals surface area contributed by atoms with E-state index in [9.17, 15) is 14.7 Å². The molecule has 1 fully saturated rings. The Kier molecular flexibility index (Phi) is 5.01. The summed E-state index contributed by atoms with van der Waals surface area (Å²) >= 11 is 7.14. The first-order chi connectivity index (χ1) is 13.5. The average molecular weight is 417 g/mol. The van der Waals surface area contributed by atoms with E-state index in [1.807, 2.05) is 0 Å². The van der Waals surface area contributed by atoms with Crippen molar-refractivity contribution in [3.05, 3.63) is 62.8 Å². The molecule has 2 heterocycles. The summed E-state index contributed by atoms with van der Waals surface area (Å²) in [6.07, 6.45) is 3.73. The topological polar surface area (TPSA) is 97.1 Å². The first-order valence-corrected chi connectivity index (χ1v) is 9.97. The van der Waals surface area contributed by atoms with Crippen molar-refractivity contribution < 1.29 is 9.90 Å². The fraction of sp³-hybridized carbons (Fsp3) is 0.263. The molecule has 0 radical (unpaired) electrons. The van der Waals surface area contributed by atoms with Crippen LogP contribution in [0, 0.1) is 0 Å². The number of aliphatic hydroxyl groups is 1. The number of carbonyl (C=O) groups excluding carboxylic acids is 1. The van der Waals surface area contributed by atoms with Gasteiger partial charge in [-0.25, -0.2) is 0 Å². The van der Waals surface area contributed by atoms with E-state index in [1.165, 1.54) is 28.5 Å². The van der Waals surface area contributed by atoms with Crippen LogP contribution in [0.3, 0.4) is 0 Å². The Labute approximate surface area is 169 Å². The highest BCUT2D eigenvalue weighted by Gasteiger charge is 2.34. The predicted octanol–water partition coefficient (Wildman–Crippen LogP) is 2.65.